The van der Waals surface area contributed by atoms with Gasteiger partial charge in [0, 0.05) is 38.7 Å². The standard InChI is InChI=1S/C31H34N2O4/c1-32(22-26-13-15-28(29(21-26)36-2)37-23-25-11-7-4-8-12-25)31(35)27-17-19-33(20-18-27)30(34)16-14-24-9-5-3-6-10-24/h3-16,21,27H,17-20,22-23H2,1-2H3/b16-14+. The number of rotatable bonds is 9. The first-order chi connectivity index (χ1) is 18.0. The third kappa shape index (κ3) is 7.23. The fraction of sp³-hybridized carbons (Fsp3) is 0.290. The van der Waals surface area contributed by atoms with Crippen molar-refractivity contribution in [2.24, 2.45) is 5.92 Å². The van der Waals surface area contributed by atoms with E-state index < -0.39 is 0 Å². The van der Waals surface area contributed by atoms with Gasteiger partial charge in [-0.3, -0.25) is 9.59 Å². The molecule has 0 radical (unpaired) electrons. The second kappa shape index (κ2) is 12.8. The molecule has 2 amide bonds. The fourth-order valence-corrected chi connectivity index (χ4v) is 4.51. The van der Waals surface area contributed by atoms with Crippen molar-refractivity contribution in [1.29, 1.82) is 0 Å². The average Bonchev–Trinajstić information content (AvgIpc) is 2.95. The van der Waals surface area contributed by atoms with Crippen molar-refractivity contribution in [3.63, 3.8) is 0 Å². The number of methoxy groups -OCH3 is 1. The lowest BCUT2D eigenvalue weighted by Gasteiger charge is -2.32. The van der Waals surface area contributed by atoms with E-state index in [-0.39, 0.29) is 17.7 Å². The molecule has 1 saturated heterocycles. The Kier molecular flexibility index (Phi) is 8.98. The van der Waals surface area contributed by atoms with Gasteiger partial charge in [-0.25, -0.2) is 0 Å². The Hall–Kier alpha value is -4.06. The summed E-state index contributed by atoms with van der Waals surface area (Å²) in [4.78, 5) is 29.3. The van der Waals surface area contributed by atoms with Crippen LogP contribution in [-0.4, -0.2) is 48.9 Å². The van der Waals surface area contributed by atoms with Crippen LogP contribution in [-0.2, 0) is 22.7 Å². The van der Waals surface area contributed by atoms with Crippen molar-refractivity contribution < 1.29 is 19.1 Å². The van der Waals surface area contributed by atoms with Crippen LogP contribution in [0.3, 0.4) is 0 Å². The number of benzene rings is 3. The predicted octanol–water partition coefficient (Wildman–Crippen LogP) is 5.18. The maximum absolute atomic E-state index is 13.1. The minimum Gasteiger partial charge on any atom is -0.493 e. The molecule has 0 saturated carbocycles. The van der Waals surface area contributed by atoms with Crippen LogP contribution in [0.15, 0.2) is 84.9 Å². The summed E-state index contributed by atoms with van der Waals surface area (Å²) in [7, 11) is 3.45. The molecule has 4 rings (SSSR count). The summed E-state index contributed by atoms with van der Waals surface area (Å²) in [6.45, 7) is 2.11. The second-order valence-electron chi connectivity index (χ2n) is 9.30. The van der Waals surface area contributed by atoms with Crippen LogP contribution in [0, 0.1) is 5.92 Å². The van der Waals surface area contributed by atoms with Crippen LogP contribution in [0.25, 0.3) is 6.08 Å². The first-order valence-electron chi connectivity index (χ1n) is 12.6. The minimum absolute atomic E-state index is 0.00947. The maximum atomic E-state index is 13.1. The highest BCUT2D eigenvalue weighted by Gasteiger charge is 2.28. The van der Waals surface area contributed by atoms with Gasteiger partial charge < -0.3 is 19.3 Å². The summed E-state index contributed by atoms with van der Waals surface area (Å²) in [5, 5.41) is 0. The number of carbonyl (C=O) groups excluding carboxylic acids is 2. The largest absolute Gasteiger partial charge is 0.493 e. The Morgan fingerprint density at radius 1 is 0.919 bits per heavy atom. The zero-order valence-corrected chi connectivity index (χ0v) is 21.5. The summed E-state index contributed by atoms with van der Waals surface area (Å²) in [5.41, 5.74) is 3.05. The number of ether oxygens (including phenoxy) is 2. The van der Waals surface area contributed by atoms with Gasteiger partial charge in [0.15, 0.2) is 11.5 Å². The molecule has 0 aromatic heterocycles. The van der Waals surface area contributed by atoms with Crippen LogP contribution in [0.5, 0.6) is 11.5 Å². The average molecular weight is 499 g/mol. The topological polar surface area (TPSA) is 59.1 Å². The number of hydrogen-bond donors (Lipinski definition) is 0. The molecule has 0 N–H and O–H groups in total. The van der Waals surface area contributed by atoms with Gasteiger partial charge in [0.2, 0.25) is 11.8 Å². The highest BCUT2D eigenvalue weighted by molar-refractivity contribution is 5.92. The number of hydrogen-bond acceptors (Lipinski definition) is 4. The predicted molar refractivity (Wildman–Crippen MR) is 145 cm³/mol. The lowest BCUT2D eigenvalue weighted by molar-refractivity contribution is -0.138. The first kappa shape index (κ1) is 26.0. The van der Waals surface area contributed by atoms with Crippen molar-refractivity contribution in [3.8, 4) is 11.5 Å². The monoisotopic (exact) mass is 498 g/mol. The maximum Gasteiger partial charge on any atom is 0.246 e. The molecule has 6 nitrogen and oxygen atoms in total. The molecule has 0 spiro atoms. The van der Waals surface area contributed by atoms with E-state index in [9.17, 15) is 9.59 Å². The van der Waals surface area contributed by atoms with E-state index in [1.54, 1.807) is 18.1 Å². The lowest BCUT2D eigenvalue weighted by Crippen LogP contribution is -2.42. The fourth-order valence-electron chi connectivity index (χ4n) is 4.51. The molecule has 6 heteroatoms. The summed E-state index contributed by atoms with van der Waals surface area (Å²) < 4.78 is 11.5. The van der Waals surface area contributed by atoms with E-state index >= 15 is 0 Å². The van der Waals surface area contributed by atoms with Crippen LogP contribution < -0.4 is 9.47 Å². The molecule has 1 aliphatic rings. The molecule has 1 aliphatic heterocycles. The summed E-state index contributed by atoms with van der Waals surface area (Å²) in [6, 6.07) is 25.5. The van der Waals surface area contributed by atoms with Crippen molar-refractivity contribution in [1.82, 2.24) is 9.80 Å². The van der Waals surface area contributed by atoms with Crippen LogP contribution in [0.2, 0.25) is 0 Å². The zero-order valence-electron chi connectivity index (χ0n) is 21.5. The van der Waals surface area contributed by atoms with Gasteiger partial charge in [-0.05, 0) is 47.7 Å². The molecule has 3 aromatic carbocycles. The van der Waals surface area contributed by atoms with E-state index in [1.165, 1.54) is 0 Å². The molecule has 1 heterocycles. The molecular formula is C31H34N2O4. The number of amides is 2. The van der Waals surface area contributed by atoms with Gasteiger partial charge in [0.05, 0.1) is 7.11 Å². The Morgan fingerprint density at radius 3 is 2.27 bits per heavy atom. The molecule has 0 aliphatic carbocycles. The van der Waals surface area contributed by atoms with E-state index in [0.717, 1.165) is 16.7 Å². The highest BCUT2D eigenvalue weighted by atomic mass is 16.5. The van der Waals surface area contributed by atoms with Crippen LogP contribution in [0.1, 0.15) is 29.5 Å². The summed E-state index contributed by atoms with van der Waals surface area (Å²) in [6.07, 6.45) is 4.79. The smallest absolute Gasteiger partial charge is 0.246 e. The molecule has 0 bridgehead atoms. The van der Waals surface area contributed by atoms with Crippen LogP contribution in [0.4, 0.5) is 0 Å². The minimum atomic E-state index is -0.0810. The normalized spacial score (nSPS) is 13.9. The zero-order chi connectivity index (χ0) is 26.0. The number of likely N-dealkylation sites (tertiary alicyclic amines) is 1. The van der Waals surface area contributed by atoms with Gasteiger partial charge in [-0.1, -0.05) is 66.7 Å². The number of piperidine rings is 1. The van der Waals surface area contributed by atoms with Crippen LogP contribution >= 0.6 is 0 Å². The van der Waals surface area contributed by atoms with Crippen molar-refractivity contribution in [2.75, 3.05) is 27.2 Å². The molecule has 192 valence electrons. The lowest BCUT2D eigenvalue weighted by atomic mass is 9.95. The summed E-state index contributed by atoms with van der Waals surface area (Å²) in [5.74, 6) is 1.33. The third-order valence-corrected chi connectivity index (χ3v) is 6.63. The van der Waals surface area contributed by atoms with Gasteiger partial charge in [0.25, 0.3) is 0 Å². The first-order valence-corrected chi connectivity index (χ1v) is 12.6. The van der Waals surface area contributed by atoms with Gasteiger partial charge >= 0.3 is 0 Å². The number of nitrogens with zero attached hydrogens (tertiary/aromatic N) is 2. The molecule has 0 unspecified atom stereocenters. The van der Waals surface area contributed by atoms with E-state index in [0.29, 0.717) is 50.6 Å². The Morgan fingerprint density at radius 2 is 1.59 bits per heavy atom. The van der Waals surface area contributed by atoms with E-state index in [4.69, 9.17) is 9.47 Å². The Labute approximate surface area is 219 Å². The Balaban J connectivity index is 1.27. The molecule has 0 atom stereocenters. The Bertz CT molecular complexity index is 1200. The van der Waals surface area contributed by atoms with E-state index in [1.807, 2.05) is 96.9 Å². The molecule has 3 aromatic rings. The van der Waals surface area contributed by atoms with E-state index in [2.05, 4.69) is 0 Å². The molecule has 1 fully saturated rings. The third-order valence-electron chi connectivity index (χ3n) is 6.63. The highest BCUT2D eigenvalue weighted by Crippen LogP contribution is 2.30. The summed E-state index contributed by atoms with van der Waals surface area (Å²) >= 11 is 0. The van der Waals surface area contributed by atoms with Crippen molar-refractivity contribution in [2.45, 2.75) is 26.0 Å². The SMILES string of the molecule is COc1cc(CN(C)C(=O)C2CCN(C(=O)/C=C/c3ccccc3)CC2)ccc1OCc1ccccc1. The van der Waals surface area contributed by atoms with Crippen molar-refractivity contribution >= 4 is 17.9 Å². The quantitative estimate of drug-likeness (QED) is 0.381. The van der Waals surface area contributed by atoms with Crippen molar-refractivity contribution in [3.05, 3.63) is 102 Å². The van der Waals surface area contributed by atoms with Gasteiger partial charge in [-0.15, -0.1) is 0 Å². The second-order valence-corrected chi connectivity index (χ2v) is 9.30. The molecule has 37 heavy (non-hydrogen) atoms. The van der Waals surface area contributed by atoms with Gasteiger partial charge in [0.1, 0.15) is 6.61 Å². The number of carbonyl (C=O) groups is 2. The van der Waals surface area contributed by atoms with Gasteiger partial charge in [-0.2, -0.15) is 0 Å². The molecular weight excluding hydrogens is 464 g/mol.